The maximum absolute atomic E-state index is 13.0. The fraction of sp³-hybridized carbons (Fsp3) is 0.222. The number of hydrogen-bond donors (Lipinski definition) is 3. The topological polar surface area (TPSA) is 120 Å². The number of rotatable bonds is 5. The van der Waals surface area contributed by atoms with Crippen molar-refractivity contribution in [1.82, 2.24) is 34.8 Å². The molecule has 0 saturated carbocycles. The van der Waals surface area contributed by atoms with Gasteiger partial charge in [-0.1, -0.05) is 0 Å². The number of piperidine rings is 1. The van der Waals surface area contributed by atoms with Gasteiger partial charge in [0.15, 0.2) is 0 Å². The number of amides is 2. The number of hydrogen-bond acceptors (Lipinski definition) is 6. The molecule has 0 spiro atoms. The third kappa shape index (κ3) is 4.54. The van der Waals surface area contributed by atoms with Crippen LogP contribution >= 0.6 is 0 Å². The summed E-state index contributed by atoms with van der Waals surface area (Å²) in [6.07, 6.45) is 12.0. The zero-order valence-corrected chi connectivity index (χ0v) is 20.3. The van der Waals surface area contributed by atoms with Crippen LogP contribution in [0.15, 0.2) is 67.5 Å². The molecule has 0 aliphatic carbocycles. The Balaban J connectivity index is 1.29. The molecule has 5 aromatic rings. The molecule has 0 atom stereocenters. The van der Waals surface area contributed by atoms with Gasteiger partial charge in [0.2, 0.25) is 0 Å². The number of nitrogens with one attached hydrogen (secondary N) is 3. The average molecular weight is 495 g/mol. The summed E-state index contributed by atoms with van der Waals surface area (Å²) in [6.45, 7) is 1.95. The van der Waals surface area contributed by atoms with Gasteiger partial charge in [-0.05, 0) is 68.9 Å². The molecular weight excluding hydrogens is 468 g/mol. The third-order valence-electron chi connectivity index (χ3n) is 6.84. The van der Waals surface area contributed by atoms with Crippen LogP contribution in [0.3, 0.4) is 0 Å². The standard InChI is InChI=1S/C27H26N8O2/c1-34-8-5-19(6-9-34)32-26(36)18-11-21-22(15-30-25(21)29-13-18)17-4-10-35-24(12-17)23(16-31-35)27(37)33-20-3-2-7-28-14-20/h2-4,7,10-16,19H,5-6,8-9H2,1H3,(H,29,30)(H,32,36)(H,33,37). The molecule has 6 rings (SSSR count). The van der Waals surface area contributed by atoms with Crippen LogP contribution < -0.4 is 10.6 Å². The highest BCUT2D eigenvalue weighted by Gasteiger charge is 2.20. The van der Waals surface area contributed by atoms with E-state index >= 15 is 0 Å². The second-order valence-electron chi connectivity index (χ2n) is 9.37. The first-order chi connectivity index (χ1) is 18.0. The molecule has 10 nitrogen and oxygen atoms in total. The van der Waals surface area contributed by atoms with Crippen LogP contribution in [0.1, 0.15) is 33.6 Å². The van der Waals surface area contributed by atoms with Gasteiger partial charge in [0, 0.05) is 41.8 Å². The van der Waals surface area contributed by atoms with E-state index in [1.807, 2.05) is 30.6 Å². The fourth-order valence-electron chi connectivity index (χ4n) is 4.75. The molecule has 5 aromatic heterocycles. The Labute approximate surface area is 212 Å². The Morgan fingerprint density at radius 2 is 1.95 bits per heavy atom. The second kappa shape index (κ2) is 9.47. The van der Waals surface area contributed by atoms with Crippen LogP contribution in [0.5, 0.6) is 0 Å². The summed E-state index contributed by atoms with van der Waals surface area (Å²) in [6, 6.07) is 9.43. The number of pyridine rings is 3. The Morgan fingerprint density at radius 3 is 2.76 bits per heavy atom. The minimum absolute atomic E-state index is 0.114. The van der Waals surface area contributed by atoms with Gasteiger partial charge in [-0.2, -0.15) is 5.10 Å². The lowest BCUT2D eigenvalue weighted by atomic mass is 10.0. The minimum Gasteiger partial charge on any atom is -0.349 e. The van der Waals surface area contributed by atoms with Crippen LogP contribution in [-0.2, 0) is 0 Å². The van der Waals surface area contributed by atoms with E-state index in [0.717, 1.165) is 42.4 Å². The summed E-state index contributed by atoms with van der Waals surface area (Å²) in [5, 5.41) is 11.2. The Kier molecular flexibility index (Phi) is 5.85. The van der Waals surface area contributed by atoms with Crippen molar-refractivity contribution in [3.63, 3.8) is 0 Å². The van der Waals surface area contributed by atoms with Crippen LogP contribution in [0.2, 0.25) is 0 Å². The van der Waals surface area contributed by atoms with Crippen molar-refractivity contribution in [2.45, 2.75) is 18.9 Å². The van der Waals surface area contributed by atoms with E-state index < -0.39 is 0 Å². The first-order valence-electron chi connectivity index (χ1n) is 12.2. The largest absolute Gasteiger partial charge is 0.349 e. The van der Waals surface area contributed by atoms with Gasteiger partial charge in [-0.15, -0.1) is 0 Å². The van der Waals surface area contributed by atoms with Crippen molar-refractivity contribution in [3.05, 3.63) is 78.6 Å². The molecule has 10 heteroatoms. The number of nitrogens with zero attached hydrogens (tertiary/aromatic N) is 5. The molecule has 37 heavy (non-hydrogen) atoms. The highest BCUT2D eigenvalue weighted by molar-refractivity contribution is 6.09. The molecule has 0 aromatic carbocycles. The van der Waals surface area contributed by atoms with Crippen molar-refractivity contribution in [2.75, 3.05) is 25.5 Å². The Hall–Kier alpha value is -4.57. The van der Waals surface area contributed by atoms with Crippen molar-refractivity contribution in [2.24, 2.45) is 0 Å². The third-order valence-corrected chi connectivity index (χ3v) is 6.84. The van der Waals surface area contributed by atoms with Gasteiger partial charge < -0.3 is 20.5 Å². The summed E-state index contributed by atoms with van der Waals surface area (Å²) in [7, 11) is 2.10. The highest BCUT2D eigenvalue weighted by atomic mass is 16.2. The van der Waals surface area contributed by atoms with Gasteiger partial charge in [0.05, 0.1) is 34.7 Å². The van der Waals surface area contributed by atoms with E-state index in [9.17, 15) is 9.59 Å². The predicted octanol–water partition coefficient (Wildman–Crippen LogP) is 3.35. The Bertz CT molecular complexity index is 1600. The zero-order chi connectivity index (χ0) is 25.4. The SMILES string of the molecule is CN1CCC(NC(=O)c2cnc3[nH]cc(-c4ccn5ncc(C(=O)Nc6cccnc6)c5c4)c3c2)CC1. The smallest absolute Gasteiger partial charge is 0.259 e. The number of anilines is 1. The minimum atomic E-state index is -0.270. The quantitative estimate of drug-likeness (QED) is 0.345. The summed E-state index contributed by atoms with van der Waals surface area (Å²) in [4.78, 5) is 39.9. The summed E-state index contributed by atoms with van der Waals surface area (Å²) < 4.78 is 1.66. The average Bonchev–Trinajstić information content (AvgIpc) is 3.54. The maximum Gasteiger partial charge on any atom is 0.259 e. The van der Waals surface area contributed by atoms with E-state index in [-0.39, 0.29) is 17.9 Å². The molecule has 0 bridgehead atoms. The fourth-order valence-corrected chi connectivity index (χ4v) is 4.75. The van der Waals surface area contributed by atoms with Crippen molar-refractivity contribution < 1.29 is 9.59 Å². The van der Waals surface area contributed by atoms with E-state index in [4.69, 9.17) is 0 Å². The zero-order valence-electron chi connectivity index (χ0n) is 20.3. The Morgan fingerprint density at radius 1 is 1.08 bits per heavy atom. The molecule has 1 saturated heterocycles. The number of H-pyrrole nitrogens is 1. The van der Waals surface area contributed by atoms with Crippen molar-refractivity contribution in [1.29, 1.82) is 0 Å². The molecule has 3 N–H and O–H groups in total. The molecule has 1 aliphatic heterocycles. The lowest BCUT2D eigenvalue weighted by Crippen LogP contribution is -2.43. The lowest BCUT2D eigenvalue weighted by molar-refractivity contribution is 0.0916. The molecule has 1 fully saturated rings. The van der Waals surface area contributed by atoms with E-state index in [0.29, 0.717) is 28.0 Å². The molecule has 186 valence electrons. The van der Waals surface area contributed by atoms with Crippen molar-refractivity contribution >= 4 is 34.1 Å². The number of carbonyl (C=O) groups excluding carboxylic acids is 2. The summed E-state index contributed by atoms with van der Waals surface area (Å²) in [5.41, 5.74) is 4.70. The van der Waals surface area contributed by atoms with E-state index in [2.05, 4.69) is 42.6 Å². The molecule has 0 unspecified atom stereocenters. The highest BCUT2D eigenvalue weighted by Crippen LogP contribution is 2.30. The van der Waals surface area contributed by atoms with Crippen molar-refractivity contribution in [3.8, 4) is 11.1 Å². The second-order valence-corrected chi connectivity index (χ2v) is 9.37. The molecule has 0 radical (unpaired) electrons. The normalized spacial score (nSPS) is 14.7. The van der Waals surface area contributed by atoms with Gasteiger partial charge in [0.1, 0.15) is 5.65 Å². The monoisotopic (exact) mass is 494 g/mol. The van der Waals surface area contributed by atoms with Crippen LogP contribution in [0.4, 0.5) is 5.69 Å². The molecular formula is C27H26N8O2. The van der Waals surface area contributed by atoms with Gasteiger partial charge in [-0.25, -0.2) is 9.50 Å². The summed E-state index contributed by atoms with van der Waals surface area (Å²) in [5.74, 6) is -0.384. The molecule has 1 aliphatic rings. The van der Waals surface area contributed by atoms with E-state index in [1.165, 1.54) is 0 Å². The van der Waals surface area contributed by atoms with Crippen LogP contribution in [0, 0.1) is 0 Å². The van der Waals surface area contributed by atoms with Gasteiger partial charge in [-0.3, -0.25) is 14.6 Å². The molecule has 6 heterocycles. The van der Waals surface area contributed by atoms with E-state index in [1.54, 1.807) is 41.4 Å². The summed E-state index contributed by atoms with van der Waals surface area (Å²) >= 11 is 0. The number of fused-ring (bicyclic) bond motifs is 2. The van der Waals surface area contributed by atoms with Gasteiger partial charge >= 0.3 is 0 Å². The van der Waals surface area contributed by atoms with Gasteiger partial charge in [0.25, 0.3) is 11.8 Å². The van der Waals surface area contributed by atoms with Crippen LogP contribution in [-0.4, -0.2) is 67.5 Å². The number of carbonyl (C=O) groups is 2. The first-order valence-corrected chi connectivity index (χ1v) is 12.2. The number of likely N-dealkylation sites (tertiary alicyclic amines) is 1. The first kappa shape index (κ1) is 22.9. The maximum atomic E-state index is 13.0. The number of aromatic amines is 1. The number of aromatic nitrogens is 5. The molecule has 2 amide bonds. The lowest BCUT2D eigenvalue weighted by Gasteiger charge is -2.29. The van der Waals surface area contributed by atoms with Crippen LogP contribution in [0.25, 0.3) is 27.7 Å². The predicted molar refractivity (Wildman–Crippen MR) is 140 cm³/mol.